The summed E-state index contributed by atoms with van der Waals surface area (Å²) in [5.74, 6) is -0.297. The van der Waals surface area contributed by atoms with Crippen LogP contribution in [-0.4, -0.2) is 17.8 Å². The summed E-state index contributed by atoms with van der Waals surface area (Å²) in [6, 6.07) is 4.60. The Morgan fingerprint density at radius 1 is 1.43 bits per heavy atom. The molecule has 1 aromatic carbocycles. The Bertz CT molecular complexity index is 286. The minimum absolute atomic E-state index is 0.297. The number of aliphatic hydroxyl groups is 1. The van der Waals surface area contributed by atoms with Crippen LogP contribution >= 0.6 is 15.9 Å². The third-order valence-corrected chi connectivity index (χ3v) is 2.35. The van der Waals surface area contributed by atoms with E-state index in [0.29, 0.717) is 23.9 Å². The zero-order valence-corrected chi connectivity index (χ0v) is 9.30. The predicted molar refractivity (Wildman–Crippen MR) is 57.5 cm³/mol. The quantitative estimate of drug-likeness (QED) is 0.869. The van der Waals surface area contributed by atoms with Gasteiger partial charge in [0.25, 0.3) is 0 Å². The normalized spacial score (nSPS) is 12.9. The van der Waals surface area contributed by atoms with Gasteiger partial charge in [0.15, 0.2) is 0 Å². The molecular weight excluding hydrogens is 249 g/mol. The van der Waals surface area contributed by atoms with Gasteiger partial charge < -0.3 is 10.8 Å². The highest BCUT2D eigenvalue weighted by Gasteiger charge is 2.06. The molecule has 0 amide bonds. The Morgan fingerprint density at radius 2 is 2.14 bits per heavy atom. The van der Waals surface area contributed by atoms with Crippen molar-refractivity contribution in [2.45, 2.75) is 18.9 Å². The van der Waals surface area contributed by atoms with Crippen molar-refractivity contribution in [3.05, 3.63) is 34.1 Å². The largest absolute Gasteiger partial charge is 0.393 e. The molecule has 0 fully saturated rings. The van der Waals surface area contributed by atoms with Crippen LogP contribution in [0.4, 0.5) is 4.39 Å². The van der Waals surface area contributed by atoms with E-state index in [-0.39, 0.29) is 5.82 Å². The summed E-state index contributed by atoms with van der Waals surface area (Å²) in [6.45, 7) is 0.442. The van der Waals surface area contributed by atoms with E-state index in [1.54, 1.807) is 6.07 Å². The van der Waals surface area contributed by atoms with E-state index < -0.39 is 6.10 Å². The fourth-order valence-corrected chi connectivity index (χ4v) is 1.81. The summed E-state index contributed by atoms with van der Waals surface area (Å²) in [5, 5.41) is 9.47. The van der Waals surface area contributed by atoms with Gasteiger partial charge in [-0.3, -0.25) is 0 Å². The van der Waals surface area contributed by atoms with Crippen LogP contribution in [-0.2, 0) is 6.42 Å². The third kappa shape index (κ3) is 3.74. The van der Waals surface area contributed by atoms with Crippen molar-refractivity contribution in [3.8, 4) is 0 Å². The third-order valence-electron chi connectivity index (χ3n) is 1.89. The van der Waals surface area contributed by atoms with Crippen molar-refractivity contribution < 1.29 is 9.50 Å². The van der Waals surface area contributed by atoms with Crippen LogP contribution < -0.4 is 5.73 Å². The first-order valence-electron chi connectivity index (χ1n) is 4.45. The standard InChI is InChI=1S/C10H13BrFNO/c11-8-3-7(4-9(12)6-8)5-10(14)1-2-13/h3-4,6,10,14H,1-2,5,13H2. The number of aliphatic hydroxyl groups excluding tert-OH is 1. The van der Waals surface area contributed by atoms with E-state index >= 15 is 0 Å². The number of rotatable bonds is 4. The number of nitrogens with two attached hydrogens (primary N) is 1. The molecule has 1 unspecified atom stereocenters. The monoisotopic (exact) mass is 261 g/mol. The molecular formula is C10H13BrFNO. The van der Waals surface area contributed by atoms with Crippen LogP contribution in [0.15, 0.2) is 22.7 Å². The maximum atomic E-state index is 12.9. The van der Waals surface area contributed by atoms with Gasteiger partial charge in [0, 0.05) is 4.47 Å². The van der Waals surface area contributed by atoms with Crippen molar-refractivity contribution >= 4 is 15.9 Å². The Kier molecular flexibility index (Phi) is 4.51. The second-order valence-corrected chi connectivity index (χ2v) is 4.13. The topological polar surface area (TPSA) is 46.2 Å². The average Bonchev–Trinajstić information content (AvgIpc) is 2.01. The molecule has 1 rings (SSSR count). The molecule has 0 heterocycles. The maximum Gasteiger partial charge on any atom is 0.124 e. The van der Waals surface area contributed by atoms with Gasteiger partial charge >= 0.3 is 0 Å². The molecule has 2 nitrogen and oxygen atoms in total. The highest BCUT2D eigenvalue weighted by molar-refractivity contribution is 9.10. The van der Waals surface area contributed by atoms with Crippen molar-refractivity contribution in [2.24, 2.45) is 5.73 Å². The van der Waals surface area contributed by atoms with E-state index in [2.05, 4.69) is 15.9 Å². The molecule has 0 saturated carbocycles. The number of benzene rings is 1. The van der Waals surface area contributed by atoms with E-state index in [4.69, 9.17) is 5.73 Å². The van der Waals surface area contributed by atoms with Gasteiger partial charge in [-0.1, -0.05) is 15.9 Å². The SMILES string of the molecule is NCCC(O)Cc1cc(F)cc(Br)c1. The molecule has 78 valence electrons. The van der Waals surface area contributed by atoms with Gasteiger partial charge in [0.05, 0.1) is 6.10 Å². The van der Waals surface area contributed by atoms with Crippen molar-refractivity contribution in [1.82, 2.24) is 0 Å². The van der Waals surface area contributed by atoms with Crippen LogP contribution in [0.1, 0.15) is 12.0 Å². The Morgan fingerprint density at radius 3 is 2.71 bits per heavy atom. The fourth-order valence-electron chi connectivity index (χ4n) is 1.30. The molecule has 0 spiro atoms. The molecule has 0 radical (unpaired) electrons. The summed E-state index contributed by atoms with van der Waals surface area (Å²) in [5.41, 5.74) is 6.08. The molecule has 0 bridgehead atoms. The summed E-state index contributed by atoms with van der Waals surface area (Å²) in [4.78, 5) is 0. The molecule has 3 N–H and O–H groups in total. The molecule has 4 heteroatoms. The van der Waals surface area contributed by atoms with Gasteiger partial charge in [0.1, 0.15) is 5.82 Å². The van der Waals surface area contributed by atoms with Crippen LogP contribution in [0.5, 0.6) is 0 Å². The van der Waals surface area contributed by atoms with Crippen LogP contribution in [0.2, 0.25) is 0 Å². The van der Waals surface area contributed by atoms with Crippen LogP contribution in [0.3, 0.4) is 0 Å². The van der Waals surface area contributed by atoms with Gasteiger partial charge in [0.2, 0.25) is 0 Å². The Labute approximate surface area is 91.1 Å². The zero-order valence-electron chi connectivity index (χ0n) is 7.71. The molecule has 0 saturated heterocycles. The van der Waals surface area contributed by atoms with Gasteiger partial charge in [-0.25, -0.2) is 4.39 Å². The van der Waals surface area contributed by atoms with Gasteiger partial charge in [-0.05, 0) is 43.1 Å². The minimum atomic E-state index is -0.492. The fraction of sp³-hybridized carbons (Fsp3) is 0.400. The molecule has 14 heavy (non-hydrogen) atoms. The second-order valence-electron chi connectivity index (χ2n) is 3.21. The molecule has 0 aliphatic heterocycles. The molecule has 1 atom stereocenters. The average molecular weight is 262 g/mol. The zero-order chi connectivity index (χ0) is 10.6. The predicted octanol–water partition coefficient (Wildman–Crippen LogP) is 1.84. The van der Waals surface area contributed by atoms with E-state index in [0.717, 1.165) is 5.56 Å². The van der Waals surface area contributed by atoms with Crippen molar-refractivity contribution in [2.75, 3.05) is 6.54 Å². The smallest absolute Gasteiger partial charge is 0.124 e. The Balaban J connectivity index is 2.66. The highest BCUT2D eigenvalue weighted by atomic mass is 79.9. The lowest BCUT2D eigenvalue weighted by Crippen LogP contribution is -2.15. The minimum Gasteiger partial charge on any atom is -0.393 e. The van der Waals surface area contributed by atoms with E-state index in [1.807, 2.05) is 0 Å². The van der Waals surface area contributed by atoms with Crippen LogP contribution in [0.25, 0.3) is 0 Å². The van der Waals surface area contributed by atoms with Crippen molar-refractivity contribution in [3.63, 3.8) is 0 Å². The lowest BCUT2D eigenvalue weighted by molar-refractivity contribution is 0.167. The van der Waals surface area contributed by atoms with E-state index in [9.17, 15) is 9.50 Å². The lowest BCUT2D eigenvalue weighted by atomic mass is 10.1. The number of halogens is 2. The summed E-state index contributed by atoms with van der Waals surface area (Å²) in [7, 11) is 0. The van der Waals surface area contributed by atoms with Crippen LogP contribution in [0, 0.1) is 5.82 Å². The Hall–Kier alpha value is -0.450. The molecule has 0 aromatic heterocycles. The lowest BCUT2D eigenvalue weighted by Gasteiger charge is -2.09. The molecule has 0 aliphatic carbocycles. The van der Waals surface area contributed by atoms with E-state index in [1.165, 1.54) is 12.1 Å². The molecule has 1 aromatic rings. The maximum absolute atomic E-state index is 12.9. The second kappa shape index (κ2) is 5.44. The first-order chi connectivity index (χ1) is 6.61. The first-order valence-corrected chi connectivity index (χ1v) is 5.24. The highest BCUT2D eigenvalue weighted by Crippen LogP contribution is 2.16. The summed E-state index contributed by atoms with van der Waals surface area (Å²) in [6.07, 6.45) is 0.482. The van der Waals surface area contributed by atoms with Crippen molar-refractivity contribution in [1.29, 1.82) is 0 Å². The summed E-state index contributed by atoms with van der Waals surface area (Å²) >= 11 is 3.20. The number of hydrogen-bond acceptors (Lipinski definition) is 2. The summed E-state index contributed by atoms with van der Waals surface area (Å²) < 4.78 is 13.6. The first kappa shape index (κ1) is 11.6. The van der Waals surface area contributed by atoms with Gasteiger partial charge in [-0.15, -0.1) is 0 Å². The van der Waals surface area contributed by atoms with Gasteiger partial charge in [-0.2, -0.15) is 0 Å². The number of hydrogen-bond donors (Lipinski definition) is 2. The molecule has 0 aliphatic rings.